The first-order valence-corrected chi connectivity index (χ1v) is 6.87. The van der Waals surface area contributed by atoms with Gasteiger partial charge in [-0.1, -0.05) is 0 Å². The van der Waals surface area contributed by atoms with Gasteiger partial charge in [0.15, 0.2) is 30.7 Å². The van der Waals surface area contributed by atoms with Crippen molar-refractivity contribution in [2.75, 3.05) is 6.61 Å². The average Bonchev–Trinajstić information content (AvgIpc) is 2.45. The first-order valence-electron chi connectivity index (χ1n) is 6.87. The molecule has 10 nitrogen and oxygen atoms in total. The smallest absolute Gasteiger partial charge is 0.303 e. The molecule has 0 aromatic rings. The number of aldehydes is 1. The number of hydrogen-bond acceptors (Lipinski definition) is 10. The van der Waals surface area contributed by atoms with E-state index in [9.17, 15) is 29.1 Å². The third-order valence-electron chi connectivity index (χ3n) is 2.55. The second-order valence-corrected chi connectivity index (χ2v) is 4.69. The van der Waals surface area contributed by atoms with Gasteiger partial charge in [0.05, 0.1) is 6.61 Å². The summed E-state index contributed by atoms with van der Waals surface area (Å²) in [5, 5.41) is 9.37. The number of aliphatic hydroxyl groups is 1. The highest BCUT2D eigenvalue weighted by Gasteiger charge is 2.43. The molecule has 0 saturated heterocycles. The monoisotopic (exact) mass is 348 g/mol. The van der Waals surface area contributed by atoms with E-state index in [0.29, 0.717) is 0 Å². The Morgan fingerprint density at radius 3 is 1.54 bits per heavy atom. The number of hydrogen-bond donors (Lipinski definition) is 1. The van der Waals surface area contributed by atoms with Crippen LogP contribution in [-0.4, -0.2) is 66.3 Å². The molecule has 0 rings (SSSR count). The molecule has 0 amide bonds. The van der Waals surface area contributed by atoms with Crippen molar-refractivity contribution in [3.63, 3.8) is 0 Å². The van der Waals surface area contributed by atoms with Gasteiger partial charge in [-0.2, -0.15) is 0 Å². The van der Waals surface area contributed by atoms with E-state index in [1.54, 1.807) is 0 Å². The lowest BCUT2D eigenvalue weighted by Crippen LogP contribution is -2.53. The Morgan fingerprint density at radius 2 is 1.21 bits per heavy atom. The third kappa shape index (κ3) is 7.68. The molecule has 4 atom stereocenters. The molecule has 0 aromatic heterocycles. The van der Waals surface area contributed by atoms with Crippen molar-refractivity contribution in [2.45, 2.75) is 52.1 Å². The Hall–Kier alpha value is -2.49. The van der Waals surface area contributed by atoms with Crippen molar-refractivity contribution in [1.82, 2.24) is 0 Å². The predicted octanol–water partition coefficient (Wildman–Crippen LogP) is -1.10. The van der Waals surface area contributed by atoms with Crippen molar-refractivity contribution < 1.29 is 48.0 Å². The Bertz CT molecular complexity index is 486. The van der Waals surface area contributed by atoms with Crippen LogP contribution in [0.5, 0.6) is 0 Å². The van der Waals surface area contributed by atoms with Gasteiger partial charge < -0.3 is 24.1 Å². The van der Waals surface area contributed by atoms with Gasteiger partial charge in [0.1, 0.15) is 0 Å². The molecule has 0 spiro atoms. The molecule has 0 aliphatic carbocycles. The van der Waals surface area contributed by atoms with E-state index in [-0.39, 0.29) is 6.29 Å². The summed E-state index contributed by atoms with van der Waals surface area (Å²) < 4.78 is 19.4. The third-order valence-corrected chi connectivity index (χ3v) is 2.55. The van der Waals surface area contributed by atoms with Gasteiger partial charge in [-0.3, -0.25) is 24.0 Å². The Balaban J connectivity index is 5.79. The van der Waals surface area contributed by atoms with E-state index in [1.807, 2.05) is 0 Å². The number of rotatable bonds is 9. The van der Waals surface area contributed by atoms with E-state index in [2.05, 4.69) is 0 Å². The molecule has 0 aliphatic rings. The minimum atomic E-state index is -1.64. The summed E-state index contributed by atoms with van der Waals surface area (Å²) in [4.78, 5) is 56.0. The quantitative estimate of drug-likeness (QED) is 0.310. The van der Waals surface area contributed by atoms with Crippen LogP contribution in [0.15, 0.2) is 0 Å². The van der Waals surface area contributed by atoms with E-state index >= 15 is 0 Å². The van der Waals surface area contributed by atoms with Crippen LogP contribution >= 0.6 is 0 Å². The molecule has 0 fully saturated rings. The maximum atomic E-state index is 11.3. The lowest BCUT2D eigenvalue weighted by Gasteiger charge is -2.33. The summed E-state index contributed by atoms with van der Waals surface area (Å²) in [6, 6.07) is 0. The molecule has 10 heteroatoms. The van der Waals surface area contributed by atoms with Crippen LogP contribution in [0, 0.1) is 0 Å². The van der Waals surface area contributed by atoms with Gasteiger partial charge >= 0.3 is 23.9 Å². The van der Waals surface area contributed by atoms with Crippen LogP contribution in [0.4, 0.5) is 0 Å². The number of aliphatic hydroxyl groups excluding tert-OH is 1. The van der Waals surface area contributed by atoms with Crippen molar-refractivity contribution in [1.29, 1.82) is 0 Å². The second kappa shape index (κ2) is 10.3. The zero-order chi connectivity index (χ0) is 18.9. The largest absolute Gasteiger partial charge is 0.456 e. The van der Waals surface area contributed by atoms with Crippen molar-refractivity contribution in [3.8, 4) is 0 Å². The highest BCUT2D eigenvalue weighted by molar-refractivity contribution is 5.72. The van der Waals surface area contributed by atoms with E-state index in [0.717, 1.165) is 27.7 Å². The molecule has 24 heavy (non-hydrogen) atoms. The summed E-state index contributed by atoms with van der Waals surface area (Å²) in [7, 11) is 0. The molecule has 1 N–H and O–H groups in total. The zero-order valence-electron chi connectivity index (χ0n) is 13.7. The highest BCUT2D eigenvalue weighted by atomic mass is 16.6. The lowest BCUT2D eigenvalue weighted by molar-refractivity contribution is -0.199. The fourth-order valence-corrected chi connectivity index (χ4v) is 1.84. The van der Waals surface area contributed by atoms with Gasteiger partial charge in [-0.05, 0) is 0 Å². The van der Waals surface area contributed by atoms with E-state index in [1.165, 1.54) is 0 Å². The fourth-order valence-electron chi connectivity index (χ4n) is 1.84. The molecule has 0 heterocycles. The molecule has 0 aromatic carbocycles. The summed E-state index contributed by atoms with van der Waals surface area (Å²) in [6.45, 7) is 3.27. The number of esters is 4. The highest BCUT2D eigenvalue weighted by Crippen LogP contribution is 2.18. The average molecular weight is 348 g/mol. The van der Waals surface area contributed by atoms with Crippen LogP contribution in [0.25, 0.3) is 0 Å². The van der Waals surface area contributed by atoms with Crippen LogP contribution < -0.4 is 0 Å². The molecular weight excluding hydrogens is 328 g/mol. The molecule has 0 radical (unpaired) electrons. The maximum Gasteiger partial charge on any atom is 0.303 e. The fraction of sp³-hybridized carbons (Fsp3) is 0.643. The molecular formula is C14H20O10. The Morgan fingerprint density at radius 1 is 0.792 bits per heavy atom. The zero-order valence-corrected chi connectivity index (χ0v) is 13.7. The normalized spacial score (nSPS) is 15.2. The summed E-state index contributed by atoms with van der Waals surface area (Å²) in [5.74, 6) is -3.42. The van der Waals surface area contributed by atoms with E-state index in [4.69, 9.17) is 18.9 Å². The van der Waals surface area contributed by atoms with Gasteiger partial charge in [-0.25, -0.2) is 0 Å². The van der Waals surface area contributed by atoms with Gasteiger partial charge in [0.25, 0.3) is 0 Å². The second-order valence-electron chi connectivity index (χ2n) is 4.69. The van der Waals surface area contributed by atoms with Gasteiger partial charge in [-0.15, -0.1) is 0 Å². The predicted molar refractivity (Wildman–Crippen MR) is 75.4 cm³/mol. The Labute approximate surface area is 138 Å². The molecule has 0 unspecified atom stereocenters. The minimum absolute atomic E-state index is 0.160. The first kappa shape index (κ1) is 21.5. The van der Waals surface area contributed by atoms with Crippen molar-refractivity contribution in [2.24, 2.45) is 0 Å². The van der Waals surface area contributed by atoms with Crippen LogP contribution in [-0.2, 0) is 42.9 Å². The van der Waals surface area contributed by atoms with Gasteiger partial charge in [0.2, 0.25) is 0 Å². The topological polar surface area (TPSA) is 142 Å². The maximum absolute atomic E-state index is 11.3. The van der Waals surface area contributed by atoms with Crippen LogP contribution in [0.3, 0.4) is 0 Å². The summed E-state index contributed by atoms with van der Waals surface area (Å²) in [5.41, 5.74) is 0. The number of carbonyl (C=O) groups is 5. The first-order chi connectivity index (χ1) is 11.1. The number of ether oxygens (including phenoxy) is 4. The van der Waals surface area contributed by atoms with Crippen molar-refractivity contribution in [3.05, 3.63) is 0 Å². The summed E-state index contributed by atoms with van der Waals surface area (Å²) in [6.07, 6.45) is -6.12. The Kier molecular flexibility index (Phi) is 9.25. The standard InChI is InChI=1S/C14H20O10/c1-7(17)21-11(5-15)13(23-9(3)19)14(24-10(4)20)12(6-16)22-8(2)18/h5,11-14,16H,6H2,1-4H3/t11-,12-,13+,14+/m0/s1. The molecule has 136 valence electrons. The molecule has 0 bridgehead atoms. The lowest BCUT2D eigenvalue weighted by atomic mass is 10.0. The SMILES string of the molecule is CC(=O)O[C@@H]([C@H](OC(C)=O)[C@H](CO)OC(C)=O)[C@H](C=O)OC(C)=O. The molecule has 0 aliphatic heterocycles. The van der Waals surface area contributed by atoms with Crippen molar-refractivity contribution >= 4 is 30.2 Å². The minimum Gasteiger partial charge on any atom is -0.456 e. The summed E-state index contributed by atoms with van der Waals surface area (Å²) >= 11 is 0. The van der Waals surface area contributed by atoms with E-state index < -0.39 is 54.9 Å². The molecule has 0 saturated carbocycles. The van der Waals surface area contributed by atoms with Gasteiger partial charge in [0, 0.05) is 27.7 Å². The van der Waals surface area contributed by atoms with Crippen LogP contribution in [0.2, 0.25) is 0 Å². The number of carbonyl (C=O) groups excluding carboxylic acids is 5. The van der Waals surface area contributed by atoms with Crippen LogP contribution in [0.1, 0.15) is 27.7 Å².